The average molecular weight is 359 g/mol. The molecule has 5 nitrogen and oxygen atoms in total. The normalized spacial score (nSPS) is 10.5. The molecule has 0 bridgehead atoms. The Bertz CT molecular complexity index is 809. The van der Waals surface area contributed by atoms with E-state index in [4.69, 9.17) is 11.6 Å². The van der Waals surface area contributed by atoms with Crippen molar-refractivity contribution in [3.63, 3.8) is 0 Å². The molecule has 0 spiro atoms. The van der Waals surface area contributed by atoms with Crippen molar-refractivity contribution in [1.29, 1.82) is 0 Å². The van der Waals surface area contributed by atoms with Crippen LogP contribution in [0, 0.1) is 0 Å². The van der Waals surface area contributed by atoms with Gasteiger partial charge in [0.05, 0.1) is 10.6 Å². The van der Waals surface area contributed by atoms with E-state index in [-0.39, 0.29) is 5.91 Å². The lowest BCUT2D eigenvalue weighted by molar-refractivity contribution is 0.0956. The van der Waals surface area contributed by atoms with Crippen molar-refractivity contribution in [3.8, 4) is 5.69 Å². The van der Waals surface area contributed by atoms with Gasteiger partial charge in [-0.25, -0.2) is 0 Å². The smallest absolute Gasteiger partial charge is 0.252 e. The Labute approximate surface area is 149 Å². The first-order valence-electron chi connectivity index (χ1n) is 7.34. The molecule has 1 N–H and O–H groups in total. The summed E-state index contributed by atoms with van der Waals surface area (Å²) in [5.41, 5.74) is 1.22. The van der Waals surface area contributed by atoms with Crippen LogP contribution in [0.4, 0.5) is 0 Å². The van der Waals surface area contributed by atoms with Crippen molar-refractivity contribution in [1.82, 2.24) is 20.1 Å². The number of nitrogens with zero attached hydrogens (tertiary/aromatic N) is 3. The molecule has 24 heavy (non-hydrogen) atoms. The van der Waals surface area contributed by atoms with Gasteiger partial charge >= 0.3 is 0 Å². The number of rotatable bonds is 6. The van der Waals surface area contributed by atoms with E-state index in [1.807, 2.05) is 36.4 Å². The number of halogens is 1. The minimum atomic E-state index is -0.191. The van der Waals surface area contributed by atoms with E-state index in [0.29, 0.717) is 17.1 Å². The number of hydrogen-bond donors (Lipinski definition) is 1. The maximum absolute atomic E-state index is 12.4. The van der Waals surface area contributed by atoms with Gasteiger partial charge in [0.25, 0.3) is 5.91 Å². The SMILES string of the molecule is O=C(NCCSc1ccccc1)c1cc(-n2cnnc2)ccc1Cl. The molecule has 3 rings (SSSR count). The number of thioether (sulfide) groups is 1. The van der Waals surface area contributed by atoms with Gasteiger partial charge in [0.2, 0.25) is 0 Å². The maximum Gasteiger partial charge on any atom is 0.252 e. The number of nitrogens with one attached hydrogen (secondary N) is 1. The molecule has 0 radical (unpaired) electrons. The van der Waals surface area contributed by atoms with E-state index in [1.54, 1.807) is 41.1 Å². The van der Waals surface area contributed by atoms with Crippen molar-refractivity contribution < 1.29 is 4.79 Å². The molecule has 1 aromatic heterocycles. The minimum absolute atomic E-state index is 0.191. The van der Waals surface area contributed by atoms with Crippen LogP contribution < -0.4 is 5.32 Å². The molecule has 2 aromatic carbocycles. The van der Waals surface area contributed by atoms with E-state index in [1.165, 1.54) is 4.90 Å². The molecule has 122 valence electrons. The molecule has 1 heterocycles. The first kappa shape index (κ1) is 16.5. The molecule has 0 atom stereocenters. The summed E-state index contributed by atoms with van der Waals surface area (Å²) in [6, 6.07) is 15.3. The molecule has 0 aliphatic heterocycles. The van der Waals surface area contributed by atoms with E-state index in [0.717, 1.165) is 11.4 Å². The van der Waals surface area contributed by atoms with Crippen molar-refractivity contribution in [2.24, 2.45) is 0 Å². The van der Waals surface area contributed by atoms with Crippen LogP contribution in [0.3, 0.4) is 0 Å². The van der Waals surface area contributed by atoms with Gasteiger partial charge in [-0.15, -0.1) is 22.0 Å². The molecule has 1 amide bonds. The topological polar surface area (TPSA) is 59.8 Å². The van der Waals surface area contributed by atoms with Gasteiger partial charge < -0.3 is 5.32 Å². The van der Waals surface area contributed by atoms with E-state index in [2.05, 4.69) is 15.5 Å². The highest BCUT2D eigenvalue weighted by Crippen LogP contribution is 2.20. The van der Waals surface area contributed by atoms with Crippen LogP contribution in [-0.4, -0.2) is 33.0 Å². The summed E-state index contributed by atoms with van der Waals surface area (Å²) in [7, 11) is 0. The van der Waals surface area contributed by atoms with Gasteiger partial charge in [-0.3, -0.25) is 9.36 Å². The molecule has 0 saturated carbocycles. The van der Waals surface area contributed by atoms with E-state index in [9.17, 15) is 4.79 Å². The van der Waals surface area contributed by atoms with Crippen molar-refractivity contribution in [2.45, 2.75) is 4.90 Å². The summed E-state index contributed by atoms with van der Waals surface area (Å²) in [6.07, 6.45) is 3.14. The molecule has 0 aliphatic rings. The molecular formula is C17H15ClN4OS. The molecule has 0 unspecified atom stereocenters. The fourth-order valence-corrected chi connectivity index (χ4v) is 3.12. The number of aromatic nitrogens is 3. The van der Waals surface area contributed by atoms with Crippen LogP contribution in [0.2, 0.25) is 5.02 Å². The average Bonchev–Trinajstić information content (AvgIpc) is 3.14. The third-order valence-electron chi connectivity index (χ3n) is 3.31. The van der Waals surface area contributed by atoms with Gasteiger partial charge in [0.15, 0.2) is 0 Å². The number of hydrogen-bond acceptors (Lipinski definition) is 4. The fourth-order valence-electron chi connectivity index (χ4n) is 2.13. The molecule has 0 aliphatic carbocycles. The molecule has 3 aromatic rings. The first-order valence-corrected chi connectivity index (χ1v) is 8.71. The Morgan fingerprint density at radius 1 is 1.12 bits per heavy atom. The third-order valence-corrected chi connectivity index (χ3v) is 4.65. The summed E-state index contributed by atoms with van der Waals surface area (Å²) in [5, 5.41) is 10.8. The lowest BCUT2D eigenvalue weighted by Crippen LogP contribution is -2.26. The van der Waals surface area contributed by atoms with Crippen molar-refractivity contribution in [3.05, 3.63) is 71.8 Å². The van der Waals surface area contributed by atoms with Gasteiger partial charge in [0, 0.05) is 22.9 Å². The lowest BCUT2D eigenvalue weighted by Gasteiger charge is -2.09. The Hall–Kier alpha value is -2.31. The Morgan fingerprint density at radius 2 is 1.88 bits per heavy atom. The zero-order valence-corrected chi connectivity index (χ0v) is 14.3. The molecular weight excluding hydrogens is 344 g/mol. The zero-order chi connectivity index (χ0) is 16.8. The molecule has 7 heteroatoms. The minimum Gasteiger partial charge on any atom is -0.351 e. The summed E-state index contributed by atoms with van der Waals surface area (Å²) in [5.74, 6) is 0.599. The Morgan fingerprint density at radius 3 is 2.62 bits per heavy atom. The predicted octanol–water partition coefficient (Wildman–Crippen LogP) is 3.44. The summed E-state index contributed by atoms with van der Waals surface area (Å²) in [4.78, 5) is 13.5. The monoisotopic (exact) mass is 358 g/mol. The third kappa shape index (κ3) is 4.15. The van der Waals surface area contributed by atoms with Crippen LogP contribution in [0.5, 0.6) is 0 Å². The van der Waals surface area contributed by atoms with Crippen molar-refractivity contribution >= 4 is 29.3 Å². The largest absolute Gasteiger partial charge is 0.351 e. The van der Waals surface area contributed by atoms with Crippen molar-refractivity contribution in [2.75, 3.05) is 12.3 Å². The summed E-state index contributed by atoms with van der Waals surface area (Å²) >= 11 is 7.85. The standard InChI is InChI=1S/C17H15ClN4OS/c18-16-7-6-13(22-11-20-21-12-22)10-15(16)17(23)19-8-9-24-14-4-2-1-3-5-14/h1-7,10-12H,8-9H2,(H,19,23). The van der Waals surface area contributed by atoms with Gasteiger partial charge in [-0.1, -0.05) is 29.8 Å². The lowest BCUT2D eigenvalue weighted by atomic mass is 10.2. The van der Waals surface area contributed by atoms with Crippen LogP contribution in [0.25, 0.3) is 5.69 Å². The highest BCUT2D eigenvalue weighted by Gasteiger charge is 2.11. The second-order valence-corrected chi connectivity index (χ2v) is 6.53. The second-order valence-electron chi connectivity index (χ2n) is 4.95. The maximum atomic E-state index is 12.4. The zero-order valence-electron chi connectivity index (χ0n) is 12.7. The second kappa shape index (κ2) is 7.99. The fraction of sp³-hybridized carbons (Fsp3) is 0.118. The van der Waals surface area contributed by atoms with Gasteiger partial charge in [0.1, 0.15) is 12.7 Å². The number of benzene rings is 2. The predicted molar refractivity (Wildman–Crippen MR) is 95.9 cm³/mol. The van der Waals surface area contributed by atoms with Crippen LogP contribution in [-0.2, 0) is 0 Å². The van der Waals surface area contributed by atoms with E-state index < -0.39 is 0 Å². The van der Waals surface area contributed by atoms with Crippen LogP contribution >= 0.6 is 23.4 Å². The Balaban J connectivity index is 1.59. The summed E-state index contributed by atoms with van der Waals surface area (Å²) in [6.45, 7) is 0.561. The highest BCUT2D eigenvalue weighted by molar-refractivity contribution is 7.99. The Kier molecular flexibility index (Phi) is 5.51. The van der Waals surface area contributed by atoms with Crippen LogP contribution in [0.1, 0.15) is 10.4 Å². The van der Waals surface area contributed by atoms with E-state index >= 15 is 0 Å². The number of carbonyl (C=O) groups is 1. The molecule has 0 saturated heterocycles. The number of amides is 1. The molecule has 0 fully saturated rings. The quantitative estimate of drug-likeness (QED) is 0.541. The first-order chi connectivity index (χ1) is 11.7. The highest BCUT2D eigenvalue weighted by atomic mass is 35.5. The van der Waals surface area contributed by atoms with Gasteiger partial charge in [-0.05, 0) is 30.3 Å². The number of carbonyl (C=O) groups excluding carboxylic acids is 1. The summed E-state index contributed by atoms with van der Waals surface area (Å²) < 4.78 is 1.72. The van der Waals surface area contributed by atoms with Crippen LogP contribution in [0.15, 0.2) is 66.1 Å². The van der Waals surface area contributed by atoms with Gasteiger partial charge in [-0.2, -0.15) is 0 Å².